The van der Waals surface area contributed by atoms with E-state index in [-0.39, 0.29) is 35.2 Å². The van der Waals surface area contributed by atoms with Gasteiger partial charge in [-0.15, -0.1) is 10.2 Å². The fourth-order valence-electron chi connectivity index (χ4n) is 2.96. The van der Waals surface area contributed by atoms with Gasteiger partial charge in [0.2, 0.25) is 5.91 Å². The molecular weight excluding hydrogens is 429 g/mol. The Morgan fingerprint density at radius 3 is 2.53 bits per heavy atom. The number of nitrogens with one attached hydrogen (secondary N) is 1. The largest absolute Gasteiger partial charge is 0.484 e. The number of ether oxygens (including phenoxy) is 1. The summed E-state index contributed by atoms with van der Waals surface area (Å²) in [6.45, 7) is 0.0538. The van der Waals surface area contributed by atoms with Crippen LogP contribution in [-0.2, 0) is 17.8 Å². The number of para-hydroxylation sites is 1. The number of nitrogens with zero attached hydrogens (tertiary/aromatic N) is 2. The minimum Gasteiger partial charge on any atom is -0.484 e. The maximum absolute atomic E-state index is 12.9. The fourth-order valence-corrected chi connectivity index (χ4v) is 3.54. The summed E-state index contributed by atoms with van der Waals surface area (Å²) in [7, 11) is 0. The maximum atomic E-state index is 12.9. The van der Waals surface area contributed by atoms with Gasteiger partial charge in [0.05, 0.1) is 5.75 Å². The standard InChI is InChI=1S/C24H20FN3O3S/c25-19-10-12-20(13-11-19)30-15-23-27-28-24(31-23)32-16-22(29)26-21-9-5-4-8-18(21)14-17-6-2-1-3-7-17/h1-13H,14-16H2,(H,26,29). The number of rotatable bonds is 9. The molecule has 162 valence electrons. The number of benzene rings is 3. The van der Waals surface area contributed by atoms with Crippen LogP contribution in [0.5, 0.6) is 5.75 Å². The van der Waals surface area contributed by atoms with Crippen LogP contribution < -0.4 is 10.1 Å². The van der Waals surface area contributed by atoms with Gasteiger partial charge in [0.25, 0.3) is 11.1 Å². The first-order valence-corrected chi connectivity index (χ1v) is 10.9. The van der Waals surface area contributed by atoms with Crippen LogP contribution in [0, 0.1) is 5.82 Å². The van der Waals surface area contributed by atoms with E-state index < -0.39 is 0 Å². The molecule has 4 aromatic rings. The quantitative estimate of drug-likeness (QED) is 0.358. The molecular formula is C24H20FN3O3S. The van der Waals surface area contributed by atoms with E-state index in [1.54, 1.807) is 0 Å². The third kappa shape index (κ3) is 6.18. The average Bonchev–Trinajstić information content (AvgIpc) is 3.27. The van der Waals surface area contributed by atoms with Crippen molar-refractivity contribution in [2.24, 2.45) is 0 Å². The summed E-state index contributed by atoms with van der Waals surface area (Å²) in [5.41, 5.74) is 2.99. The van der Waals surface area contributed by atoms with E-state index in [1.165, 1.54) is 29.8 Å². The summed E-state index contributed by atoms with van der Waals surface area (Å²) in [6, 6.07) is 23.5. The molecule has 0 radical (unpaired) electrons. The second-order valence-corrected chi connectivity index (χ2v) is 7.79. The number of hydrogen-bond donors (Lipinski definition) is 1. The first kappa shape index (κ1) is 21.6. The lowest BCUT2D eigenvalue weighted by molar-refractivity contribution is -0.113. The van der Waals surface area contributed by atoms with Crippen LogP contribution in [0.2, 0.25) is 0 Å². The van der Waals surface area contributed by atoms with Crippen molar-refractivity contribution < 1.29 is 18.3 Å². The molecule has 3 aromatic carbocycles. The monoisotopic (exact) mass is 449 g/mol. The molecule has 0 bridgehead atoms. The molecule has 32 heavy (non-hydrogen) atoms. The van der Waals surface area contributed by atoms with Crippen molar-refractivity contribution in [2.75, 3.05) is 11.1 Å². The van der Waals surface area contributed by atoms with Crippen molar-refractivity contribution in [1.29, 1.82) is 0 Å². The predicted molar refractivity (Wildman–Crippen MR) is 120 cm³/mol. The average molecular weight is 450 g/mol. The summed E-state index contributed by atoms with van der Waals surface area (Å²) in [5, 5.41) is 11.1. The smallest absolute Gasteiger partial charge is 0.277 e. The van der Waals surface area contributed by atoms with Gasteiger partial charge in [0, 0.05) is 5.69 Å². The van der Waals surface area contributed by atoms with Crippen LogP contribution in [0.1, 0.15) is 17.0 Å². The van der Waals surface area contributed by atoms with Gasteiger partial charge in [0.15, 0.2) is 6.61 Å². The van der Waals surface area contributed by atoms with Gasteiger partial charge >= 0.3 is 0 Å². The van der Waals surface area contributed by atoms with Crippen molar-refractivity contribution in [3.63, 3.8) is 0 Å². The van der Waals surface area contributed by atoms with Gasteiger partial charge in [-0.1, -0.05) is 60.3 Å². The molecule has 0 aliphatic heterocycles. The molecule has 0 fully saturated rings. The number of halogens is 1. The molecule has 0 aliphatic carbocycles. The first-order valence-electron chi connectivity index (χ1n) is 9.91. The lowest BCUT2D eigenvalue weighted by atomic mass is 10.0. The number of hydrogen-bond acceptors (Lipinski definition) is 6. The van der Waals surface area contributed by atoms with E-state index in [4.69, 9.17) is 9.15 Å². The molecule has 1 aromatic heterocycles. The van der Waals surface area contributed by atoms with E-state index in [1.807, 2.05) is 42.5 Å². The molecule has 0 saturated heterocycles. The van der Waals surface area contributed by atoms with Crippen LogP contribution in [0.15, 0.2) is 88.5 Å². The third-order valence-electron chi connectivity index (χ3n) is 4.48. The zero-order chi connectivity index (χ0) is 22.2. The van der Waals surface area contributed by atoms with Gasteiger partial charge in [0.1, 0.15) is 11.6 Å². The van der Waals surface area contributed by atoms with Gasteiger partial charge in [-0.2, -0.15) is 0 Å². The predicted octanol–water partition coefficient (Wildman–Crippen LogP) is 5.11. The second-order valence-electron chi connectivity index (χ2n) is 6.86. The highest BCUT2D eigenvalue weighted by Gasteiger charge is 2.12. The topological polar surface area (TPSA) is 77.2 Å². The Labute approximate surface area is 188 Å². The molecule has 8 heteroatoms. The van der Waals surface area contributed by atoms with Crippen molar-refractivity contribution in [1.82, 2.24) is 10.2 Å². The van der Waals surface area contributed by atoms with Crippen molar-refractivity contribution in [3.8, 4) is 5.75 Å². The summed E-state index contributed by atoms with van der Waals surface area (Å²) < 4.78 is 23.9. The zero-order valence-corrected chi connectivity index (χ0v) is 17.8. The number of thioether (sulfide) groups is 1. The van der Waals surface area contributed by atoms with Crippen LogP contribution >= 0.6 is 11.8 Å². The summed E-state index contributed by atoms with van der Waals surface area (Å²) >= 11 is 1.14. The first-order chi connectivity index (χ1) is 15.7. The number of amides is 1. The Kier molecular flexibility index (Phi) is 7.14. The molecule has 0 unspecified atom stereocenters. The minimum atomic E-state index is -0.338. The lowest BCUT2D eigenvalue weighted by Gasteiger charge is -2.11. The van der Waals surface area contributed by atoms with Gasteiger partial charge in [-0.3, -0.25) is 4.79 Å². The normalized spacial score (nSPS) is 10.7. The highest BCUT2D eigenvalue weighted by molar-refractivity contribution is 7.99. The highest BCUT2D eigenvalue weighted by Crippen LogP contribution is 2.21. The molecule has 1 heterocycles. The van der Waals surface area contributed by atoms with Crippen LogP contribution in [0.3, 0.4) is 0 Å². The Bertz CT molecular complexity index is 1170. The molecule has 6 nitrogen and oxygen atoms in total. The number of anilines is 1. The molecule has 4 rings (SSSR count). The molecule has 1 N–H and O–H groups in total. The van der Waals surface area contributed by atoms with Crippen LogP contribution in [-0.4, -0.2) is 21.9 Å². The van der Waals surface area contributed by atoms with E-state index in [2.05, 4.69) is 27.6 Å². The lowest BCUT2D eigenvalue weighted by Crippen LogP contribution is -2.15. The number of carbonyl (C=O) groups is 1. The highest BCUT2D eigenvalue weighted by atomic mass is 32.2. The number of aromatic nitrogens is 2. The second kappa shape index (κ2) is 10.6. The van der Waals surface area contributed by atoms with Crippen LogP contribution in [0.25, 0.3) is 0 Å². The third-order valence-corrected chi connectivity index (χ3v) is 5.30. The van der Waals surface area contributed by atoms with Crippen molar-refractivity contribution in [2.45, 2.75) is 18.3 Å². The molecule has 0 aliphatic rings. The van der Waals surface area contributed by atoms with E-state index >= 15 is 0 Å². The Morgan fingerprint density at radius 1 is 0.969 bits per heavy atom. The Morgan fingerprint density at radius 2 is 1.72 bits per heavy atom. The fraction of sp³-hybridized carbons (Fsp3) is 0.125. The van der Waals surface area contributed by atoms with Crippen LogP contribution in [0.4, 0.5) is 10.1 Å². The van der Waals surface area contributed by atoms with E-state index in [0.29, 0.717) is 5.75 Å². The van der Waals surface area contributed by atoms with E-state index in [0.717, 1.165) is 29.4 Å². The Hall–Kier alpha value is -3.65. The summed E-state index contributed by atoms with van der Waals surface area (Å²) in [4.78, 5) is 12.5. The van der Waals surface area contributed by atoms with E-state index in [9.17, 15) is 9.18 Å². The zero-order valence-electron chi connectivity index (χ0n) is 17.0. The molecule has 1 amide bonds. The summed E-state index contributed by atoms with van der Waals surface area (Å²) in [6.07, 6.45) is 0.728. The molecule has 0 spiro atoms. The molecule has 0 atom stereocenters. The van der Waals surface area contributed by atoms with Gasteiger partial charge in [-0.05, 0) is 47.9 Å². The minimum absolute atomic E-state index is 0.0538. The van der Waals surface area contributed by atoms with Crippen molar-refractivity contribution in [3.05, 3.63) is 102 Å². The SMILES string of the molecule is O=C(CSc1nnc(COc2ccc(F)cc2)o1)Nc1ccccc1Cc1ccccc1. The van der Waals surface area contributed by atoms with Gasteiger partial charge < -0.3 is 14.5 Å². The molecule has 0 saturated carbocycles. The Balaban J connectivity index is 1.28. The van der Waals surface area contributed by atoms with Gasteiger partial charge in [-0.25, -0.2) is 4.39 Å². The maximum Gasteiger partial charge on any atom is 0.277 e. The number of carbonyl (C=O) groups excluding carboxylic acids is 1. The van der Waals surface area contributed by atoms with Crippen molar-refractivity contribution >= 4 is 23.4 Å². The summed E-state index contributed by atoms with van der Waals surface area (Å²) in [5.74, 6) is 0.380.